The summed E-state index contributed by atoms with van der Waals surface area (Å²) < 4.78 is 12.8. The summed E-state index contributed by atoms with van der Waals surface area (Å²) in [6.07, 6.45) is 11.8. The Kier molecular flexibility index (Phi) is 13.3. The molecule has 6 aromatic heterocycles. The Morgan fingerprint density at radius 2 is 1.25 bits per heavy atom. The Balaban J connectivity index is 0.000000174. The highest BCUT2D eigenvalue weighted by Gasteiger charge is 2.28. The van der Waals surface area contributed by atoms with Gasteiger partial charge in [0.2, 0.25) is 0 Å². The number of likely N-dealkylation sites (tertiary alicyclic amines) is 1. The van der Waals surface area contributed by atoms with Gasteiger partial charge in [0.1, 0.15) is 36.0 Å². The largest absolute Gasteiger partial charge is 0.457 e. The second kappa shape index (κ2) is 18.7. The molecule has 57 heavy (non-hydrogen) atoms. The number of amides is 1. The van der Waals surface area contributed by atoms with Crippen molar-refractivity contribution in [3.63, 3.8) is 0 Å². The molecule has 8 rings (SSSR count). The molecule has 0 saturated carbocycles. The summed E-state index contributed by atoms with van der Waals surface area (Å²) in [4.78, 5) is 67.1. The number of hydrogen-bond donors (Lipinski definition) is 3. The molecule has 2 atom stereocenters. The van der Waals surface area contributed by atoms with Crippen LogP contribution in [0.2, 0.25) is 0 Å². The van der Waals surface area contributed by atoms with Gasteiger partial charge in [0.15, 0.2) is 34.0 Å². The van der Waals surface area contributed by atoms with E-state index in [2.05, 4.69) is 83.7 Å². The van der Waals surface area contributed by atoms with Crippen LogP contribution >= 0.6 is 11.6 Å². The molecule has 0 radical (unpaired) electrons. The molecule has 6 aromatic rings. The van der Waals surface area contributed by atoms with Crippen molar-refractivity contribution >= 4 is 57.1 Å². The standard InChI is InChI=1S/C18H22N8O2.C16H20N8.C2H3ClO2/c1-4-26-16(12-7-19-11(2)20-8-12)24-14-15(21-10-22-17(14)26)23-13-5-6-25(9-13)18(27)28-3;1-3-24-15(11-6-18-10(2)19-7-11)23-13-14(20-9-21-16(13)24)22-12-4-5-17-8-12;1-5-2(3)4/h7-8,10,13H,4-6,9H2,1-3H3,(H,21,22,23);6-7,9,12,17H,3-5,8H2,1-2H3,(H,20,21,22);1H3/t13-;12-;/m00./s1. The molecule has 21 heteroatoms. The van der Waals surface area contributed by atoms with Crippen molar-refractivity contribution in [3.05, 3.63) is 49.1 Å². The van der Waals surface area contributed by atoms with E-state index in [1.165, 1.54) is 20.5 Å². The quantitative estimate of drug-likeness (QED) is 0.183. The third kappa shape index (κ3) is 9.46. The zero-order chi connectivity index (χ0) is 40.5. The molecule has 0 aliphatic carbocycles. The normalized spacial score (nSPS) is 16.1. The number of aromatic nitrogens is 12. The van der Waals surface area contributed by atoms with Crippen molar-refractivity contribution in [2.45, 2.75) is 65.7 Å². The fourth-order valence-electron chi connectivity index (χ4n) is 6.48. The van der Waals surface area contributed by atoms with E-state index in [1.807, 2.05) is 25.3 Å². The lowest BCUT2D eigenvalue weighted by atomic mass is 10.2. The number of carbonyl (C=O) groups is 2. The smallest absolute Gasteiger partial charge is 0.409 e. The number of fused-ring (bicyclic) bond motifs is 2. The highest BCUT2D eigenvalue weighted by atomic mass is 35.5. The summed E-state index contributed by atoms with van der Waals surface area (Å²) in [7, 11) is 2.61. The minimum absolute atomic E-state index is 0.0788. The van der Waals surface area contributed by atoms with Crippen LogP contribution in [-0.2, 0) is 22.6 Å². The number of aryl methyl sites for hydroxylation is 4. The van der Waals surface area contributed by atoms with Crippen molar-refractivity contribution in [1.82, 2.24) is 69.2 Å². The first kappa shape index (κ1) is 40.5. The van der Waals surface area contributed by atoms with Crippen molar-refractivity contribution in [2.24, 2.45) is 0 Å². The maximum absolute atomic E-state index is 11.7. The van der Waals surface area contributed by atoms with Crippen LogP contribution in [0.4, 0.5) is 21.2 Å². The van der Waals surface area contributed by atoms with Crippen LogP contribution in [0.15, 0.2) is 37.4 Å². The maximum Gasteiger partial charge on any atom is 0.409 e. The molecule has 2 saturated heterocycles. The summed E-state index contributed by atoms with van der Waals surface area (Å²) in [5.41, 5.74) is 4.00. The van der Waals surface area contributed by atoms with E-state index in [-0.39, 0.29) is 12.1 Å². The summed E-state index contributed by atoms with van der Waals surface area (Å²) in [6, 6.07) is 0.455. The van der Waals surface area contributed by atoms with E-state index in [9.17, 15) is 9.59 Å². The van der Waals surface area contributed by atoms with Gasteiger partial charge in [-0.2, -0.15) is 0 Å². The highest BCUT2D eigenvalue weighted by Crippen LogP contribution is 2.29. The van der Waals surface area contributed by atoms with Gasteiger partial charge in [-0.1, -0.05) is 0 Å². The third-order valence-corrected chi connectivity index (χ3v) is 9.45. The molecule has 8 heterocycles. The average molecular weight is 801 g/mol. The van der Waals surface area contributed by atoms with Crippen LogP contribution in [0.3, 0.4) is 0 Å². The number of methoxy groups -OCH3 is 2. The Bertz CT molecular complexity index is 2290. The first-order valence-corrected chi connectivity index (χ1v) is 18.8. The number of nitrogens with one attached hydrogen (secondary N) is 3. The molecule has 1 amide bonds. The molecule has 0 bridgehead atoms. The van der Waals surface area contributed by atoms with Crippen molar-refractivity contribution < 1.29 is 19.1 Å². The fraction of sp³-hybridized carbons (Fsp3) is 0.444. The van der Waals surface area contributed by atoms with Crippen LogP contribution in [0.1, 0.15) is 38.3 Å². The maximum atomic E-state index is 11.7. The van der Waals surface area contributed by atoms with E-state index in [1.54, 1.807) is 36.0 Å². The molecule has 2 aliphatic heterocycles. The van der Waals surface area contributed by atoms with Crippen LogP contribution in [0.25, 0.3) is 45.1 Å². The summed E-state index contributed by atoms with van der Waals surface area (Å²) >= 11 is 4.60. The van der Waals surface area contributed by atoms with Crippen LogP contribution in [-0.4, -0.2) is 128 Å². The number of anilines is 2. The fourth-order valence-corrected chi connectivity index (χ4v) is 6.48. The van der Waals surface area contributed by atoms with Gasteiger partial charge in [0.25, 0.3) is 0 Å². The third-order valence-electron chi connectivity index (χ3n) is 9.30. The second-order valence-electron chi connectivity index (χ2n) is 13.0. The lowest BCUT2D eigenvalue weighted by molar-refractivity contribution is 0.132. The van der Waals surface area contributed by atoms with Crippen LogP contribution in [0, 0.1) is 13.8 Å². The Labute approximate surface area is 333 Å². The molecule has 2 aliphatic rings. The van der Waals surface area contributed by atoms with E-state index in [0.717, 1.165) is 83.7 Å². The van der Waals surface area contributed by atoms with E-state index in [4.69, 9.17) is 14.7 Å². The molecule has 20 nitrogen and oxygen atoms in total. The van der Waals surface area contributed by atoms with Crippen LogP contribution < -0.4 is 16.0 Å². The molecule has 300 valence electrons. The van der Waals surface area contributed by atoms with Crippen LogP contribution in [0.5, 0.6) is 0 Å². The van der Waals surface area contributed by atoms with Crippen molar-refractivity contribution in [2.75, 3.05) is 51.0 Å². The van der Waals surface area contributed by atoms with Gasteiger partial charge in [-0.3, -0.25) is 0 Å². The molecule has 2 fully saturated rings. The summed E-state index contributed by atoms with van der Waals surface area (Å²) in [6.45, 7) is 12.5. The molecule has 0 unspecified atom stereocenters. The number of halogens is 1. The van der Waals surface area contributed by atoms with Gasteiger partial charge in [0, 0.05) is 81.2 Å². The van der Waals surface area contributed by atoms with E-state index in [0.29, 0.717) is 42.8 Å². The predicted molar refractivity (Wildman–Crippen MR) is 213 cm³/mol. The SMILES string of the molecule is CCn1c(-c2cnc(C)nc2)nc2c(N[C@H]3CCN(C(=O)OC)C3)ncnc21.CCn1c(-c2cnc(C)nc2)nc2c(N[C@H]3CCNC3)ncnc21.COC(=O)Cl. The van der Waals surface area contributed by atoms with Gasteiger partial charge in [0.05, 0.1) is 25.3 Å². The topological polar surface area (TPSA) is 231 Å². The van der Waals surface area contributed by atoms with Crippen molar-refractivity contribution in [3.8, 4) is 22.8 Å². The van der Waals surface area contributed by atoms with Gasteiger partial charge < -0.3 is 39.5 Å². The molecule has 0 spiro atoms. The molecular formula is C36H45ClN16O4. The van der Waals surface area contributed by atoms with Gasteiger partial charge in [-0.25, -0.2) is 59.4 Å². The summed E-state index contributed by atoms with van der Waals surface area (Å²) in [5.74, 6) is 4.47. The number of hydrogen-bond acceptors (Lipinski definition) is 17. The minimum atomic E-state index is -0.773. The Morgan fingerprint density at radius 3 is 1.67 bits per heavy atom. The number of imidazole rings is 2. The predicted octanol–water partition coefficient (Wildman–Crippen LogP) is 4.24. The minimum Gasteiger partial charge on any atom is -0.457 e. The molecular weight excluding hydrogens is 756 g/mol. The number of nitrogens with zero attached hydrogens (tertiary/aromatic N) is 13. The monoisotopic (exact) mass is 800 g/mol. The highest BCUT2D eigenvalue weighted by molar-refractivity contribution is 6.61. The molecule has 0 aromatic carbocycles. The number of rotatable bonds is 8. The Hall–Kier alpha value is -6.15. The number of carbonyl (C=O) groups excluding carboxylic acids is 2. The first-order valence-electron chi connectivity index (χ1n) is 18.4. The average Bonchev–Trinajstić information content (AvgIpc) is 4.05. The zero-order valence-corrected chi connectivity index (χ0v) is 33.4. The second-order valence-corrected chi connectivity index (χ2v) is 13.3. The van der Waals surface area contributed by atoms with Crippen molar-refractivity contribution in [1.29, 1.82) is 0 Å². The lowest BCUT2D eigenvalue weighted by Gasteiger charge is -2.15. The number of ether oxygens (including phenoxy) is 2. The van der Waals surface area contributed by atoms with Gasteiger partial charge in [-0.05, 0) is 47.1 Å². The summed E-state index contributed by atoms with van der Waals surface area (Å²) in [5, 5.41) is 10.3. The first-order chi connectivity index (χ1) is 27.6. The molecule has 3 N–H and O–H groups in total. The van der Waals surface area contributed by atoms with Gasteiger partial charge in [-0.15, -0.1) is 0 Å². The zero-order valence-electron chi connectivity index (χ0n) is 32.6. The Morgan fingerprint density at radius 1 is 0.754 bits per heavy atom. The van der Waals surface area contributed by atoms with E-state index >= 15 is 0 Å². The van der Waals surface area contributed by atoms with Gasteiger partial charge >= 0.3 is 11.5 Å². The van der Waals surface area contributed by atoms with E-state index < -0.39 is 5.43 Å². The lowest BCUT2D eigenvalue weighted by Crippen LogP contribution is -2.31.